The second-order valence-electron chi connectivity index (χ2n) is 6.86. The molecule has 9 nitrogen and oxygen atoms in total. The van der Waals surface area contributed by atoms with Crippen LogP contribution in [0.15, 0.2) is 0 Å². The van der Waals surface area contributed by atoms with Crippen molar-refractivity contribution in [2.75, 3.05) is 33.4 Å². The summed E-state index contributed by atoms with van der Waals surface area (Å²) in [5.74, 6) is -0.854. The van der Waals surface area contributed by atoms with E-state index in [1.807, 2.05) is 0 Å². The zero-order valence-corrected chi connectivity index (χ0v) is 15.8. The van der Waals surface area contributed by atoms with Crippen molar-refractivity contribution in [3.8, 4) is 0 Å². The summed E-state index contributed by atoms with van der Waals surface area (Å²) in [7, 11) is -2.31. The van der Waals surface area contributed by atoms with E-state index < -0.39 is 31.1 Å². The van der Waals surface area contributed by atoms with Crippen LogP contribution in [0.5, 0.6) is 0 Å². The van der Waals surface area contributed by atoms with Gasteiger partial charge in [-0.2, -0.15) is 0 Å². The molecule has 0 radical (unpaired) electrons. The van der Waals surface area contributed by atoms with Crippen LogP contribution >= 0.6 is 7.75 Å². The van der Waals surface area contributed by atoms with Crippen molar-refractivity contribution in [2.24, 2.45) is 5.41 Å². The molecule has 2 aliphatic heterocycles. The summed E-state index contributed by atoms with van der Waals surface area (Å²) in [5.41, 5.74) is -0.658. The number of esters is 1. The summed E-state index contributed by atoms with van der Waals surface area (Å²) >= 11 is 0. The molecule has 2 saturated heterocycles. The summed E-state index contributed by atoms with van der Waals surface area (Å²) in [5, 5.41) is 5.39. The maximum Gasteiger partial charge on any atom is 0.406 e. The minimum absolute atomic E-state index is 0.0275. The van der Waals surface area contributed by atoms with Gasteiger partial charge in [-0.25, -0.2) is 9.65 Å². The number of carbonyl (C=O) groups excluding carboxylic acids is 2. The van der Waals surface area contributed by atoms with Crippen LogP contribution in [-0.4, -0.2) is 57.5 Å². The fraction of sp³-hybridized carbons (Fsp3) is 0.867. The van der Waals surface area contributed by atoms with Crippen molar-refractivity contribution in [2.45, 2.75) is 45.3 Å². The molecule has 0 spiro atoms. The van der Waals surface area contributed by atoms with Crippen LogP contribution in [0.1, 0.15) is 33.1 Å². The Labute approximate surface area is 147 Å². The molecule has 2 N–H and O–H groups in total. The summed E-state index contributed by atoms with van der Waals surface area (Å²) in [6.07, 6.45) is 0.926. The highest BCUT2D eigenvalue weighted by Crippen LogP contribution is 2.53. The Hall–Kier alpha value is -0.990. The van der Waals surface area contributed by atoms with Gasteiger partial charge < -0.3 is 14.8 Å². The number of methoxy groups -OCH3 is 1. The molecule has 0 aromatic heterocycles. The molecule has 2 heterocycles. The Morgan fingerprint density at radius 3 is 2.76 bits per heavy atom. The first-order chi connectivity index (χ1) is 11.8. The number of rotatable bonds is 7. The highest BCUT2D eigenvalue weighted by atomic mass is 31.2. The highest BCUT2D eigenvalue weighted by molar-refractivity contribution is 7.51. The number of ether oxygens (including phenoxy) is 2. The summed E-state index contributed by atoms with van der Waals surface area (Å²) in [6.45, 7) is 4.85. The van der Waals surface area contributed by atoms with Crippen LogP contribution in [0.2, 0.25) is 0 Å². The van der Waals surface area contributed by atoms with E-state index in [0.717, 1.165) is 12.8 Å². The molecule has 144 valence electrons. The van der Waals surface area contributed by atoms with Gasteiger partial charge in [0.1, 0.15) is 0 Å². The SMILES string of the molecule is COC(=O)CCNC(=O)[C@@H]1O[P@@](=O)(NCC2CCCO2)OCC1(C)C. The lowest BCUT2D eigenvalue weighted by Gasteiger charge is -2.40. The van der Waals surface area contributed by atoms with Gasteiger partial charge in [0, 0.05) is 25.1 Å². The molecule has 0 aromatic carbocycles. The Morgan fingerprint density at radius 2 is 2.12 bits per heavy atom. The average Bonchev–Trinajstić information content (AvgIpc) is 3.09. The Bertz CT molecular complexity index is 534. The number of hydrogen-bond donors (Lipinski definition) is 2. The molecule has 0 aromatic rings. The largest absolute Gasteiger partial charge is 0.469 e. The molecule has 1 unspecified atom stereocenters. The van der Waals surface area contributed by atoms with Gasteiger partial charge in [0.05, 0.1) is 26.2 Å². The van der Waals surface area contributed by atoms with Gasteiger partial charge in [0.2, 0.25) is 5.91 Å². The number of hydrogen-bond acceptors (Lipinski definition) is 7. The fourth-order valence-electron chi connectivity index (χ4n) is 2.63. The van der Waals surface area contributed by atoms with Crippen molar-refractivity contribution in [3.05, 3.63) is 0 Å². The molecule has 0 bridgehead atoms. The molecule has 0 aliphatic carbocycles. The lowest BCUT2D eigenvalue weighted by atomic mass is 9.87. The molecular weight excluding hydrogens is 351 g/mol. The van der Waals surface area contributed by atoms with Gasteiger partial charge in [0.15, 0.2) is 6.10 Å². The molecule has 1 amide bonds. The van der Waals surface area contributed by atoms with Crippen molar-refractivity contribution >= 4 is 19.6 Å². The van der Waals surface area contributed by atoms with E-state index in [0.29, 0.717) is 13.2 Å². The van der Waals surface area contributed by atoms with E-state index in [1.165, 1.54) is 7.11 Å². The number of amides is 1. The summed E-state index contributed by atoms with van der Waals surface area (Å²) in [6, 6.07) is 0. The quantitative estimate of drug-likeness (QED) is 0.498. The monoisotopic (exact) mass is 378 g/mol. The van der Waals surface area contributed by atoms with Crippen molar-refractivity contribution in [1.82, 2.24) is 10.4 Å². The van der Waals surface area contributed by atoms with Crippen LogP contribution in [0.4, 0.5) is 0 Å². The van der Waals surface area contributed by atoms with Crippen LogP contribution in [0, 0.1) is 5.41 Å². The van der Waals surface area contributed by atoms with E-state index in [2.05, 4.69) is 15.1 Å². The molecular formula is C15H27N2O7P. The number of carbonyl (C=O) groups is 2. The maximum atomic E-state index is 12.8. The lowest BCUT2D eigenvalue weighted by molar-refractivity contribution is -0.141. The standard InChI is InChI=1S/C15H27N2O7P/c1-15(2)10-23-25(20,17-9-11-5-4-8-22-11)24-13(15)14(19)16-7-6-12(18)21-3/h11,13H,4-10H2,1-3H3,(H,16,19)(H,17,20)/t11?,13-,25+/m0/s1. The smallest absolute Gasteiger partial charge is 0.406 e. The van der Waals surface area contributed by atoms with Crippen LogP contribution in [-0.2, 0) is 32.7 Å². The second-order valence-corrected chi connectivity index (χ2v) is 8.64. The van der Waals surface area contributed by atoms with Gasteiger partial charge in [-0.05, 0) is 12.8 Å². The lowest BCUT2D eigenvalue weighted by Crippen LogP contribution is -2.51. The van der Waals surface area contributed by atoms with Crippen LogP contribution in [0.25, 0.3) is 0 Å². The van der Waals surface area contributed by atoms with E-state index in [4.69, 9.17) is 13.8 Å². The van der Waals surface area contributed by atoms with Crippen LogP contribution < -0.4 is 10.4 Å². The summed E-state index contributed by atoms with van der Waals surface area (Å²) in [4.78, 5) is 23.5. The fourth-order valence-corrected chi connectivity index (χ4v) is 4.44. The third kappa shape index (κ3) is 5.76. The van der Waals surface area contributed by atoms with Crippen molar-refractivity contribution < 1.29 is 32.7 Å². The second kappa shape index (κ2) is 8.60. The minimum Gasteiger partial charge on any atom is -0.469 e. The zero-order chi connectivity index (χ0) is 18.5. The third-order valence-corrected chi connectivity index (χ3v) is 5.72. The van der Waals surface area contributed by atoms with Gasteiger partial charge in [0.25, 0.3) is 0 Å². The van der Waals surface area contributed by atoms with E-state index in [1.54, 1.807) is 13.8 Å². The molecule has 2 aliphatic rings. The van der Waals surface area contributed by atoms with Gasteiger partial charge in [-0.1, -0.05) is 13.8 Å². The van der Waals surface area contributed by atoms with Crippen molar-refractivity contribution in [1.29, 1.82) is 0 Å². The zero-order valence-electron chi connectivity index (χ0n) is 14.9. The average molecular weight is 378 g/mol. The Morgan fingerprint density at radius 1 is 1.36 bits per heavy atom. The predicted molar refractivity (Wildman–Crippen MR) is 88.8 cm³/mol. The maximum absolute atomic E-state index is 12.8. The van der Waals surface area contributed by atoms with Gasteiger partial charge in [-0.15, -0.1) is 0 Å². The Balaban J connectivity index is 1.90. The third-order valence-electron chi connectivity index (χ3n) is 4.19. The van der Waals surface area contributed by atoms with Gasteiger partial charge in [-0.3, -0.25) is 18.6 Å². The summed E-state index contributed by atoms with van der Waals surface area (Å²) < 4.78 is 33.7. The molecule has 2 fully saturated rings. The molecule has 2 rings (SSSR count). The minimum atomic E-state index is -3.60. The molecule has 10 heteroatoms. The first kappa shape index (κ1) is 20.3. The van der Waals surface area contributed by atoms with Gasteiger partial charge >= 0.3 is 13.7 Å². The molecule has 0 saturated carbocycles. The highest BCUT2D eigenvalue weighted by Gasteiger charge is 2.48. The van der Waals surface area contributed by atoms with E-state index in [-0.39, 0.29) is 25.7 Å². The normalized spacial score (nSPS) is 31.5. The first-order valence-electron chi connectivity index (χ1n) is 8.40. The molecule has 3 atom stereocenters. The van der Waals surface area contributed by atoms with E-state index in [9.17, 15) is 14.2 Å². The Kier molecular flexibility index (Phi) is 6.99. The van der Waals surface area contributed by atoms with Crippen molar-refractivity contribution in [3.63, 3.8) is 0 Å². The topological polar surface area (TPSA) is 112 Å². The van der Waals surface area contributed by atoms with E-state index >= 15 is 0 Å². The van der Waals surface area contributed by atoms with Crippen LogP contribution in [0.3, 0.4) is 0 Å². The molecule has 25 heavy (non-hydrogen) atoms. The first-order valence-corrected chi connectivity index (χ1v) is 9.94. The number of nitrogens with one attached hydrogen (secondary N) is 2. The predicted octanol–water partition coefficient (Wildman–Crippen LogP) is 0.984.